The van der Waals surface area contributed by atoms with E-state index in [4.69, 9.17) is 0 Å². The zero-order valence-corrected chi connectivity index (χ0v) is 22.3. The summed E-state index contributed by atoms with van der Waals surface area (Å²) in [4.78, 5) is 6.79. The molecule has 3 aromatic rings. The van der Waals surface area contributed by atoms with Crippen molar-refractivity contribution >= 4 is 11.5 Å². The van der Waals surface area contributed by atoms with Gasteiger partial charge in [0, 0.05) is 43.1 Å². The first-order chi connectivity index (χ1) is 18.8. The maximum atomic E-state index is 13.0. The highest BCUT2D eigenvalue weighted by molar-refractivity contribution is 5.67. The van der Waals surface area contributed by atoms with E-state index in [1.807, 2.05) is 36.5 Å². The minimum absolute atomic E-state index is 0.242. The Labute approximate surface area is 228 Å². The van der Waals surface area contributed by atoms with E-state index in [1.54, 1.807) is 19.1 Å². The Kier molecular flexibility index (Phi) is 8.43. The van der Waals surface area contributed by atoms with Crippen molar-refractivity contribution in [2.24, 2.45) is 0 Å². The molecule has 0 amide bonds. The summed E-state index contributed by atoms with van der Waals surface area (Å²) < 4.78 is 39.0. The second-order valence-corrected chi connectivity index (χ2v) is 10.9. The number of pyridine rings is 1. The summed E-state index contributed by atoms with van der Waals surface area (Å²) >= 11 is 0. The van der Waals surface area contributed by atoms with Crippen molar-refractivity contribution in [1.29, 1.82) is 0 Å². The minimum Gasteiger partial charge on any atom is -0.389 e. The number of hydrogen-bond donors (Lipinski definition) is 3. The topological polar surface area (TPSA) is 60.4 Å². The third-order valence-corrected chi connectivity index (χ3v) is 7.99. The third-order valence-electron chi connectivity index (χ3n) is 7.99. The Morgan fingerprint density at radius 2 is 1.67 bits per heavy atom. The molecule has 1 aliphatic heterocycles. The van der Waals surface area contributed by atoms with Crippen molar-refractivity contribution in [3.05, 3.63) is 78.0 Å². The van der Waals surface area contributed by atoms with Gasteiger partial charge < -0.3 is 20.6 Å². The van der Waals surface area contributed by atoms with Crippen LogP contribution in [0.5, 0.6) is 0 Å². The molecule has 39 heavy (non-hydrogen) atoms. The number of nitrogens with zero attached hydrogens (tertiary/aromatic N) is 2. The number of hydrogen-bond acceptors (Lipinski definition) is 5. The van der Waals surface area contributed by atoms with Crippen LogP contribution < -0.4 is 15.5 Å². The lowest BCUT2D eigenvalue weighted by Gasteiger charge is -2.40. The molecule has 5 nitrogen and oxygen atoms in total. The SMILES string of the molecule is C[C@@H](O)c1cccc(-c2ccnc(N[C@@H]3CCCC[C@H]3N[C@H]3CCCN(c4ccc(C(F)(F)F)cc4)C3)c2)c1. The predicted molar refractivity (Wildman–Crippen MR) is 150 cm³/mol. The summed E-state index contributed by atoms with van der Waals surface area (Å²) in [7, 11) is 0. The van der Waals surface area contributed by atoms with E-state index in [-0.39, 0.29) is 12.1 Å². The molecule has 2 fully saturated rings. The molecule has 3 N–H and O–H groups in total. The number of piperidine rings is 1. The van der Waals surface area contributed by atoms with Gasteiger partial charge in [0.15, 0.2) is 0 Å². The maximum absolute atomic E-state index is 13.0. The van der Waals surface area contributed by atoms with E-state index < -0.39 is 17.8 Å². The Hall–Kier alpha value is -3.10. The first kappa shape index (κ1) is 27.5. The third kappa shape index (κ3) is 6.92. The van der Waals surface area contributed by atoms with Gasteiger partial charge >= 0.3 is 6.18 Å². The number of aliphatic hydroxyl groups is 1. The molecule has 8 heteroatoms. The zero-order valence-electron chi connectivity index (χ0n) is 22.3. The number of aromatic nitrogens is 1. The molecule has 1 saturated carbocycles. The van der Waals surface area contributed by atoms with Crippen LogP contribution in [0.3, 0.4) is 0 Å². The minimum atomic E-state index is -4.32. The Bertz CT molecular complexity index is 1230. The van der Waals surface area contributed by atoms with E-state index >= 15 is 0 Å². The monoisotopic (exact) mass is 538 g/mol. The summed E-state index contributed by atoms with van der Waals surface area (Å²) in [6.07, 6.45) is 3.49. The predicted octanol–water partition coefficient (Wildman–Crippen LogP) is 6.80. The van der Waals surface area contributed by atoms with Gasteiger partial charge in [0.1, 0.15) is 5.82 Å². The van der Waals surface area contributed by atoms with Crippen LogP contribution in [0.15, 0.2) is 66.9 Å². The summed E-state index contributed by atoms with van der Waals surface area (Å²) in [5, 5.41) is 17.6. The number of rotatable bonds is 7. The lowest BCUT2D eigenvalue weighted by Crippen LogP contribution is -2.55. The fraction of sp³-hybridized carbons (Fsp3) is 0.452. The second-order valence-electron chi connectivity index (χ2n) is 10.9. The molecule has 0 radical (unpaired) electrons. The van der Waals surface area contributed by atoms with Gasteiger partial charge in [-0.25, -0.2) is 4.98 Å². The van der Waals surface area contributed by atoms with Crippen LogP contribution in [0.25, 0.3) is 11.1 Å². The fourth-order valence-electron chi connectivity index (χ4n) is 5.87. The van der Waals surface area contributed by atoms with Gasteiger partial charge in [0.05, 0.1) is 11.7 Å². The lowest BCUT2D eigenvalue weighted by molar-refractivity contribution is -0.137. The van der Waals surface area contributed by atoms with Crippen molar-refractivity contribution in [2.75, 3.05) is 23.3 Å². The average Bonchev–Trinajstić information content (AvgIpc) is 2.94. The van der Waals surface area contributed by atoms with Crippen LogP contribution in [-0.2, 0) is 6.18 Å². The van der Waals surface area contributed by atoms with Crippen LogP contribution in [-0.4, -0.2) is 41.3 Å². The normalized spacial score (nSPS) is 22.9. The van der Waals surface area contributed by atoms with Crippen LogP contribution >= 0.6 is 0 Å². The van der Waals surface area contributed by atoms with Crippen molar-refractivity contribution in [3.8, 4) is 11.1 Å². The Morgan fingerprint density at radius 3 is 2.41 bits per heavy atom. The molecule has 0 unspecified atom stereocenters. The quantitative estimate of drug-likeness (QED) is 0.309. The van der Waals surface area contributed by atoms with Gasteiger partial charge in [0.25, 0.3) is 0 Å². The molecule has 2 aromatic carbocycles. The number of alkyl halides is 3. The van der Waals surface area contributed by atoms with Crippen molar-refractivity contribution in [3.63, 3.8) is 0 Å². The van der Waals surface area contributed by atoms with Crippen molar-refractivity contribution in [2.45, 2.75) is 75.9 Å². The molecular weight excluding hydrogens is 501 g/mol. The summed E-state index contributed by atoms with van der Waals surface area (Å²) in [6.45, 7) is 3.40. The average molecular weight is 539 g/mol. The molecule has 0 spiro atoms. The number of anilines is 2. The molecule has 1 aromatic heterocycles. The van der Waals surface area contributed by atoms with Gasteiger partial charge in [-0.3, -0.25) is 0 Å². The zero-order chi connectivity index (χ0) is 27.4. The number of benzene rings is 2. The molecule has 5 rings (SSSR count). The van der Waals surface area contributed by atoms with Gasteiger partial charge in [-0.2, -0.15) is 13.2 Å². The highest BCUT2D eigenvalue weighted by Gasteiger charge is 2.32. The standard InChI is InChI=1S/C31H37F3N4O/c1-21(39)22-6-4-7-23(18-22)24-15-16-35-30(19-24)37-29-10-3-2-9-28(29)36-26-8-5-17-38(20-26)27-13-11-25(12-14-27)31(32,33)34/h4,6-7,11-16,18-19,21,26,28-29,36,39H,2-3,5,8-10,17,20H2,1H3,(H,35,37)/t21-,26+,28-,29-/m1/s1. The molecule has 2 heterocycles. The first-order valence-corrected chi connectivity index (χ1v) is 14.0. The summed E-state index contributed by atoms with van der Waals surface area (Å²) in [5.41, 5.74) is 3.21. The highest BCUT2D eigenvalue weighted by atomic mass is 19.4. The number of nitrogens with one attached hydrogen (secondary N) is 2. The van der Waals surface area contributed by atoms with Crippen molar-refractivity contribution < 1.29 is 18.3 Å². The maximum Gasteiger partial charge on any atom is 0.416 e. The Morgan fingerprint density at radius 1 is 0.923 bits per heavy atom. The molecule has 2 aliphatic rings. The fourth-order valence-corrected chi connectivity index (χ4v) is 5.87. The van der Waals surface area contributed by atoms with Crippen LogP contribution in [0.2, 0.25) is 0 Å². The van der Waals surface area contributed by atoms with Gasteiger partial charge in [-0.1, -0.05) is 31.0 Å². The second kappa shape index (κ2) is 12.0. The van der Waals surface area contributed by atoms with Gasteiger partial charge in [0.2, 0.25) is 0 Å². The smallest absolute Gasteiger partial charge is 0.389 e. The highest BCUT2D eigenvalue weighted by Crippen LogP contribution is 2.32. The van der Waals surface area contributed by atoms with E-state index in [0.717, 1.165) is 73.4 Å². The molecule has 1 aliphatic carbocycles. The molecular formula is C31H37F3N4O. The van der Waals surface area contributed by atoms with E-state index in [1.165, 1.54) is 18.6 Å². The van der Waals surface area contributed by atoms with Gasteiger partial charge in [-0.15, -0.1) is 0 Å². The van der Waals surface area contributed by atoms with Crippen LogP contribution in [0.4, 0.5) is 24.7 Å². The van der Waals surface area contributed by atoms with Crippen LogP contribution in [0.1, 0.15) is 62.7 Å². The van der Waals surface area contributed by atoms with Crippen molar-refractivity contribution in [1.82, 2.24) is 10.3 Å². The Balaban J connectivity index is 1.24. The van der Waals surface area contributed by atoms with E-state index in [9.17, 15) is 18.3 Å². The molecule has 208 valence electrons. The summed E-state index contributed by atoms with van der Waals surface area (Å²) in [5.74, 6) is 0.837. The van der Waals surface area contributed by atoms with Gasteiger partial charge in [-0.05, 0) is 91.8 Å². The van der Waals surface area contributed by atoms with E-state index in [0.29, 0.717) is 6.04 Å². The first-order valence-electron chi connectivity index (χ1n) is 14.0. The number of halogens is 3. The lowest BCUT2D eigenvalue weighted by atomic mass is 9.89. The largest absolute Gasteiger partial charge is 0.416 e. The molecule has 1 saturated heterocycles. The molecule has 4 atom stereocenters. The molecule has 0 bridgehead atoms. The van der Waals surface area contributed by atoms with E-state index in [2.05, 4.69) is 26.6 Å². The summed E-state index contributed by atoms with van der Waals surface area (Å²) in [6, 6.07) is 18.3. The van der Waals surface area contributed by atoms with Crippen LogP contribution in [0, 0.1) is 0 Å². The number of aliphatic hydroxyl groups excluding tert-OH is 1.